The number of ketones is 1. The third-order valence-corrected chi connectivity index (χ3v) is 2.78. The Morgan fingerprint density at radius 1 is 1.27 bits per heavy atom. The van der Waals surface area contributed by atoms with Crippen molar-refractivity contribution in [2.75, 3.05) is 6.61 Å². The standard InChI is InChI=1S/C12H18O3/c1-3-7-10(13)12(8-5-6-9-12)11(14)15-4-2/h5-6H,3-4,7-9H2,1-2H3. The maximum atomic E-state index is 11.9. The third kappa shape index (κ3) is 2.28. The van der Waals surface area contributed by atoms with Crippen molar-refractivity contribution in [1.29, 1.82) is 0 Å². The molecule has 0 radical (unpaired) electrons. The van der Waals surface area contributed by atoms with Gasteiger partial charge in [0.25, 0.3) is 0 Å². The van der Waals surface area contributed by atoms with Crippen LogP contribution >= 0.6 is 0 Å². The van der Waals surface area contributed by atoms with Gasteiger partial charge in [-0.2, -0.15) is 0 Å². The first-order chi connectivity index (χ1) is 7.17. The van der Waals surface area contributed by atoms with Crippen LogP contribution in [0.2, 0.25) is 0 Å². The highest BCUT2D eigenvalue weighted by atomic mass is 16.5. The van der Waals surface area contributed by atoms with Gasteiger partial charge in [-0.05, 0) is 26.2 Å². The Labute approximate surface area is 90.5 Å². The van der Waals surface area contributed by atoms with E-state index in [-0.39, 0.29) is 11.8 Å². The van der Waals surface area contributed by atoms with Crippen LogP contribution in [0.3, 0.4) is 0 Å². The van der Waals surface area contributed by atoms with Crippen LogP contribution in [0, 0.1) is 5.41 Å². The molecular formula is C12H18O3. The van der Waals surface area contributed by atoms with Crippen molar-refractivity contribution < 1.29 is 14.3 Å². The highest BCUT2D eigenvalue weighted by Crippen LogP contribution is 2.37. The van der Waals surface area contributed by atoms with Gasteiger partial charge < -0.3 is 4.74 Å². The van der Waals surface area contributed by atoms with Crippen LogP contribution in [0.15, 0.2) is 12.2 Å². The maximum absolute atomic E-state index is 11.9. The van der Waals surface area contributed by atoms with Gasteiger partial charge in [-0.1, -0.05) is 19.1 Å². The molecule has 0 saturated carbocycles. The molecule has 0 N–H and O–H groups in total. The molecule has 1 aliphatic carbocycles. The smallest absolute Gasteiger partial charge is 0.320 e. The monoisotopic (exact) mass is 210 g/mol. The molecule has 0 spiro atoms. The second kappa shape index (κ2) is 5.10. The topological polar surface area (TPSA) is 43.4 Å². The zero-order chi connectivity index (χ0) is 11.3. The van der Waals surface area contributed by atoms with E-state index in [9.17, 15) is 9.59 Å². The number of carbonyl (C=O) groups excluding carboxylic acids is 2. The van der Waals surface area contributed by atoms with Crippen molar-refractivity contribution in [1.82, 2.24) is 0 Å². The zero-order valence-electron chi connectivity index (χ0n) is 9.41. The number of hydrogen-bond acceptors (Lipinski definition) is 3. The van der Waals surface area contributed by atoms with Gasteiger partial charge >= 0.3 is 5.97 Å². The van der Waals surface area contributed by atoms with Crippen LogP contribution in [0.25, 0.3) is 0 Å². The average Bonchev–Trinajstić information content (AvgIpc) is 2.68. The SMILES string of the molecule is CCCC(=O)C1(C(=O)OCC)CC=CC1. The largest absolute Gasteiger partial charge is 0.465 e. The van der Waals surface area contributed by atoms with Crippen LogP contribution in [-0.4, -0.2) is 18.4 Å². The van der Waals surface area contributed by atoms with Gasteiger partial charge in [-0.3, -0.25) is 9.59 Å². The molecular weight excluding hydrogens is 192 g/mol. The number of hydrogen-bond donors (Lipinski definition) is 0. The second-order valence-electron chi connectivity index (χ2n) is 3.86. The molecule has 0 atom stereocenters. The Bertz CT molecular complexity index is 251. The molecule has 15 heavy (non-hydrogen) atoms. The summed E-state index contributed by atoms with van der Waals surface area (Å²) >= 11 is 0. The van der Waals surface area contributed by atoms with E-state index < -0.39 is 5.41 Å². The van der Waals surface area contributed by atoms with Crippen molar-refractivity contribution in [2.24, 2.45) is 5.41 Å². The molecule has 1 aliphatic rings. The summed E-state index contributed by atoms with van der Waals surface area (Å²) in [7, 11) is 0. The summed E-state index contributed by atoms with van der Waals surface area (Å²) in [5.41, 5.74) is -0.897. The van der Waals surface area contributed by atoms with E-state index in [1.807, 2.05) is 19.1 Å². The lowest BCUT2D eigenvalue weighted by Crippen LogP contribution is -2.38. The Kier molecular flexibility index (Phi) is 4.06. The minimum absolute atomic E-state index is 0.0217. The molecule has 0 unspecified atom stereocenters. The molecule has 3 nitrogen and oxygen atoms in total. The van der Waals surface area contributed by atoms with Gasteiger partial charge in [-0.25, -0.2) is 0 Å². The summed E-state index contributed by atoms with van der Waals surface area (Å²) in [4.78, 5) is 23.7. The maximum Gasteiger partial charge on any atom is 0.320 e. The van der Waals surface area contributed by atoms with E-state index in [0.717, 1.165) is 6.42 Å². The predicted octanol–water partition coefficient (Wildman–Crippen LogP) is 2.26. The summed E-state index contributed by atoms with van der Waals surface area (Å²) in [6, 6.07) is 0. The molecule has 0 aromatic rings. The summed E-state index contributed by atoms with van der Waals surface area (Å²) in [6.45, 7) is 4.04. The van der Waals surface area contributed by atoms with Gasteiger partial charge in [0.2, 0.25) is 0 Å². The lowest BCUT2D eigenvalue weighted by Gasteiger charge is -2.24. The first-order valence-corrected chi connectivity index (χ1v) is 5.53. The normalized spacial score (nSPS) is 17.7. The van der Waals surface area contributed by atoms with Crippen LogP contribution < -0.4 is 0 Å². The number of Topliss-reactive ketones (excluding diaryl/α,β-unsaturated/α-hetero) is 1. The lowest BCUT2D eigenvalue weighted by molar-refractivity contribution is -0.159. The number of carbonyl (C=O) groups is 2. The Morgan fingerprint density at radius 2 is 1.87 bits per heavy atom. The zero-order valence-corrected chi connectivity index (χ0v) is 9.41. The van der Waals surface area contributed by atoms with E-state index in [1.54, 1.807) is 6.92 Å². The molecule has 0 bridgehead atoms. The van der Waals surface area contributed by atoms with E-state index in [1.165, 1.54) is 0 Å². The molecule has 0 aromatic carbocycles. The first-order valence-electron chi connectivity index (χ1n) is 5.53. The van der Waals surface area contributed by atoms with Gasteiger partial charge in [0.15, 0.2) is 5.78 Å². The number of rotatable bonds is 5. The van der Waals surface area contributed by atoms with E-state index >= 15 is 0 Å². The molecule has 0 fully saturated rings. The molecule has 0 heterocycles. The van der Waals surface area contributed by atoms with Gasteiger partial charge in [-0.15, -0.1) is 0 Å². The Balaban J connectivity index is 2.79. The Morgan fingerprint density at radius 3 is 2.33 bits per heavy atom. The lowest BCUT2D eigenvalue weighted by atomic mass is 9.79. The van der Waals surface area contributed by atoms with Crippen LogP contribution in [0.4, 0.5) is 0 Å². The minimum atomic E-state index is -0.897. The van der Waals surface area contributed by atoms with Crippen LogP contribution in [0.1, 0.15) is 39.5 Å². The van der Waals surface area contributed by atoms with Crippen LogP contribution in [0.5, 0.6) is 0 Å². The molecule has 3 heteroatoms. The van der Waals surface area contributed by atoms with Gasteiger partial charge in [0.05, 0.1) is 6.61 Å². The number of allylic oxidation sites excluding steroid dienone is 2. The van der Waals surface area contributed by atoms with Gasteiger partial charge in [0.1, 0.15) is 5.41 Å². The van der Waals surface area contributed by atoms with Crippen molar-refractivity contribution in [3.05, 3.63) is 12.2 Å². The Hall–Kier alpha value is -1.12. The fourth-order valence-electron chi connectivity index (χ4n) is 1.90. The molecule has 0 saturated heterocycles. The third-order valence-electron chi connectivity index (χ3n) is 2.78. The summed E-state index contributed by atoms with van der Waals surface area (Å²) < 4.78 is 5.00. The summed E-state index contributed by atoms with van der Waals surface area (Å²) in [5, 5.41) is 0. The first kappa shape index (κ1) is 12.0. The average molecular weight is 210 g/mol. The van der Waals surface area contributed by atoms with Gasteiger partial charge in [0, 0.05) is 6.42 Å². The summed E-state index contributed by atoms with van der Waals surface area (Å²) in [5.74, 6) is -0.332. The fourth-order valence-corrected chi connectivity index (χ4v) is 1.90. The van der Waals surface area contributed by atoms with Crippen molar-refractivity contribution in [3.63, 3.8) is 0 Å². The van der Waals surface area contributed by atoms with Crippen molar-refractivity contribution in [2.45, 2.75) is 39.5 Å². The highest BCUT2D eigenvalue weighted by Gasteiger charge is 2.46. The van der Waals surface area contributed by atoms with Crippen LogP contribution in [-0.2, 0) is 14.3 Å². The molecule has 84 valence electrons. The molecule has 0 aliphatic heterocycles. The molecule has 0 amide bonds. The molecule has 1 rings (SSSR count). The number of esters is 1. The molecule has 0 aromatic heterocycles. The predicted molar refractivity (Wildman–Crippen MR) is 57.4 cm³/mol. The number of ether oxygens (including phenoxy) is 1. The second-order valence-corrected chi connectivity index (χ2v) is 3.86. The van der Waals surface area contributed by atoms with E-state index in [2.05, 4.69) is 0 Å². The van der Waals surface area contributed by atoms with Crippen molar-refractivity contribution in [3.8, 4) is 0 Å². The highest BCUT2D eigenvalue weighted by molar-refractivity contribution is 6.04. The van der Waals surface area contributed by atoms with E-state index in [0.29, 0.717) is 25.9 Å². The minimum Gasteiger partial charge on any atom is -0.465 e. The summed E-state index contributed by atoms with van der Waals surface area (Å²) in [6.07, 6.45) is 6.03. The fraction of sp³-hybridized carbons (Fsp3) is 0.667. The van der Waals surface area contributed by atoms with Crippen molar-refractivity contribution >= 4 is 11.8 Å². The van der Waals surface area contributed by atoms with E-state index in [4.69, 9.17) is 4.74 Å². The quantitative estimate of drug-likeness (QED) is 0.397.